The molecule has 0 radical (unpaired) electrons. The highest BCUT2D eigenvalue weighted by atomic mass is 127. The number of hydrogen-bond acceptors (Lipinski definition) is 5. The van der Waals surface area contributed by atoms with Crippen molar-refractivity contribution in [2.45, 2.75) is 32.7 Å². The number of piperidine rings is 1. The fraction of sp³-hybridized carbons (Fsp3) is 0.542. The van der Waals surface area contributed by atoms with Crippen molar-refractivity contribution >= 4 is 35.8 Å². The Morgan fingerprint density at radius 2 is 1.76 bits per heavy atom. The normalized spacial score (nSPS) is 17.5. The third-order valence-corrected chi connectivity index (χ3v) is 6.04. The van der Waals surface area contributed by atoms with Gasteiger partial charge in [0.15, 0.2) is 5.96 Å². The van der Waals surface area contributed by atoms with Crippen molar-refractivity contribution in [2.75, 3.05) is 52.4 Å². The second-order valence-electron chi connectivity index (χ2n) is 8.38. The molecule has 2 saturated heterocycles. The smallest absolute Gasteiger partial charge is 0.236 e. The molecule has 4 rings (SSSR count). The van der Waals surface area contributed by atoms with Crippen molar-refractivity contribution in [1.29, 1.82) is 0 Å². The predicted octanol–water partition coefficient (Wildman–Crippen LogP) is 3.06. The summed E-state index contributed by atoms with van der Waals surface area (Å²) in [5.41, 5.74) is 1.77. The second-order valence-corrected chi connectivity index (χ2v) is 8.38. The van der Waals surface area contributed by atoms with Crippen LogP contribution in [0.5, 0.6) is 0 Å². The molecule has 3 heterocycles. The van der Waals surface area contributed by atoms with Crippen LogP contribution in [0.25, 0.3) is 11.5 Å². The van der Waals surface area contributed by atoms with E-state index in [0.717, 1.165) is 75.9 Å². The molecule has 0 unspecified atom stereocenters. The number of nitrogens with zero attached hydrogens (tertiary/aromatic N) is 5. The number of guanidine groups is 1. The Labute approximate surface area is 213 Å². The minimum Gasteiger partial charge on any atom is -0.444 e. The first-order valence-corrected chi connectivity index (χ1v) is 11.8. The number of likely N-dealkylation sites (tertiary alicyclic amines) is 1. The molecule has 1 aromatic heterocycles. The molecule has 0 aliphatic carbocycles. The molecule has 1 aromatic carbocycles. The lowest BCUT2D eigenvalue weighted by Crippen LogP contribution is -2.54. The number of rotatable bonds is 6. The third kappa shape index (κ3) is 7.17. The van der Waals surface area contributed by atoms with E-state index in [-0.39, 0.29) is 29.9 Å². The predicted molar refractivity (Wildman–Crippen MR) is 141 cm³/mol. The van der Waals surface area contributed by atoms with Crippen molar-refractivity contribution < 1.29 is 9.21 Å². The van der Waals surface area contributed by atoms with Crippen LogP contribution in [-0.4, -0.2) is 83.9 Å². The van der Waals surface area contributed by atoms with Gasteiger partial charge in [-0.2, -0.15) is 0 Å². The van der Waals surface area contributed by atoms with Crippen molar-refractivity contribution in [3.63, 3.8) is 0 Å². The number of amides is 1. The summed E-state index contributed by atoms with van der Waals surface area (Å²) in [6.45, 7) is 9.16. The van der Waals surface area contributed by atoms with Gasteiger partial charge < -0.3 is 19.5 Å². The Hall–Kier alpha value is -2.14. The van der Waals surface area contributed by atoms with Crippen LogP contribution < -0.4 is 5.32 Å². The molecule has 2 fully saturated rings. The highest BCUT2D eigenvalue weighted by molar-refractivity contribution is 14.0. The number of carbonyl (C=O) groups is 1. The molecular formula is C24H35IN6O2. The van der Waals surface area contributed by atoms with Gasteiger partial charge in [0.1, 0.15) is 12.0 Å². The van der Waals surface area contributed by atoms with Crippen LogP contribution in [0.2, 0.25) is 0 Å². The minimum atomic E-state index is 0. The number of aromatic nitrogens is 1. The Bertz CT molecular complexity index is 889. The largest absolute Gasteiger partial charge is 0.444 e. The number of nitrogens with one attached hydrogen (secondary N) is 1. The van der Waals surface area contributed by atoms with Crippen molar-refractivity contribution in [3.8, 4) is 11.5 Å². The number of piperazine rings is 1. The van der Waals surface area contributed by atoms with Gasteiger partial charge in [-0.25, -0.2) is 9.98 Å². The maximum Gasteiger partial charge on any atom is 0.236 e. The molecule has 2 aliphatic rings. The summed E-state index contributed by atoms with van der Waals surface area (Å²) in [5.74, 6) is 1.78. The van der Waals surface area contributed by atoms with Crippen LogP contribution in [-0.2, 0) is 11.3 Å². The number of oxazole rings is 1. The lowest BCUT2D eigenvalue weighted by atomic mass is 10.1. The molecule has 33 heavy (non-hydrogen) atoms. The van der Waals surface area contributed by atoms with Gasteiger partial charge in [-0.05, 0) is 38.3 Å². The zero-order valence-corrected chi connectivity index (χ0v) is 21.7. The van der Waals surface area contributed by atoms with Gasteiger partial charge in [0.25, 0.3) is 0 Å². The second kappa shape index (κ2) is 12.9. The third-order valence-electron chi connectivity index (χ3n) is 6.04. The van der Waals surface area contributed by atoms with Gasteiger partial charge in [-0.15, -0.1) is 24.0 Å². The van der Waals surface area contributed by atoms with E-state index in [4.69, 9.17) is 9.41 Å². The van der Waals surface area contributed by atoms with E-state index < -0.39 is 0 Å². The molecular weight excluding hydrogens is 531 g/mol. The van der Waals surface area contributed by atoms with E-state index in [9.17, 15) is 4.79 Å². The van der Waals surface area contributed by atoms with Crippen LogP contribution in [0.1, 0.15) is 31.9 Å². The number of hydrogen-bond donors (Lipinski definition) is 1. The van der Waals surface area contributed by atoms with E-state index in [1.807, 2.05) is 35.2 Å². The van der Waals surface area contributed by atoms with Gasteiger partial charge in [0.05, 0.1) is 13.1 Å². The van der Waals surface area contributed by atoms with E-state index in [2.05, 4.69) is 27.0 Å². The molecule has 8 nitrogen and oxygen atoms in total. The lowest BCUT2D eigenvalue weighted by molar-refractivity contribution is -0.133. The van der Waals surface area contributed by atoms with Crippen molar-refractivity contribution in [3.05, 3.63) is 42.3 Å². The van der Waals surface area contributed by atoms with Crippen molar-refractivity contribution in [2.24, 2.45) is 4.99 Å². The monoisotopic (exact) mass is 566 g/mol. The summed E-state index contributed by atoms with van der Waals surface area (Å²) in [6.07, 6.45) is 5.21. The van der Waals surface area contributed by atoms with Crippen LogP contribution in [0.4, 0.5) is 0 Å². The molecule has 0 spiro atoms. The van der Waals surface area contributed by atoms with Crippen LogP contribution >= 0.6 is 24.0 Å². The molecule has 2 aromatic rings. The zero-order valence-electron chi connectivity index (χ0n) is 19.4. The lowest BCUT2D eigenvalue weighted by Gasteiger charge is -2.37. The molecule has 2 aliphatic heterocycles. The zero-order chi connectivity index (χ0) is 22.2. The molecule has 1 N–H and O–H groups in total. The first-order chi connectivity index (χ1) is 15.7. The van der Waals surface area contributed by atoms with Crippen LogP contribution in [0, 0.1) is 0 Å². The van der Waals surface area contributed by atoms with Crippen molar-refractivity contribution in [1.82, 2.24) is 25.0 Å². The Balaban J connectivity index is 0.00000306. The highest BCUT2D eigenvalue weighted by Gasteiger charge is 2.24. The average molecular weight is 566 g/mol. The highest BCUT2D eigenvalue weighted by Crippen LogP contribution is 2.18. The Morgan fingerprint density at radius 1 is 1.03 bits per heavy atom. The molecule has 1 amide bonds. The average Bonchev–Trinajstić information content (AvgIpc) is 3.32. The number of aliphatic imine (C=N–C) groups is 1. The standard InChI is InChI=1S/C24H34N6O2.HI/c1-2-25-24(26-17-21-19-32-23(27-21)20-9-5-3-6-10-20)30-15-13-28(14-16-30)18-22(31)29-11-7-4-8-12-29;/h3,5-6,9-10,19H,2,4,7-8,11-18H2,1H3,(H,25,26);1H. The first-order valence-electron chi connectivity index (χ1n) is 11.8. The minimum absolute atomic E-state index is 0. The molecule has 0 saturated carbocycles. The van der Waals surface area contributed by atoms with Gasteiger partial charge >= 0.3 is 0 Å². The van der Waals surface area contributed by atoms with Gasteiger partial charge in [-0.3, -0.25) is 9.69 Å². The molecule has 0 atom stereocenters. The summed E-state index contributed by atoms with van der Waals surface area (Å²) in [6, 6.07) is 9.89. The topological polar surface area (TPSA) is 77.2 Å². The SMILES string of the molecule is CCNC(=NCc1coc(-c2ccccc2)n1)N1CCN(CC(=O)N2CCCCC2)CC1.I. The van der Waals surface area contributed by atoms with E-state index in [1.165, 1.54) is 6.42 Å². The molecule has 0 bridgehead atoms. The summed E-state index contributed by atoms with van der Waals surface area (Å²) in [5, 5.41) is 3.39. The Kier molecular flexibility index (Phi) is 9.98. The fourth-order valence-corrected chi connectivity index (χ4v) is 4.23. The van der Waals surface area contributed by atoms with Gasteiger partial charge in [0, 0.05) is 51.4 Å². The Morgan fingerprint density at radius 3 is 2.45 bits per heavy atom. The molecule has 9 heteroatoms. The number of carbonyl (C=O) groups excluding carboxylic acids is 1. The van der Waals surface area contributed by atoms with Crippen LogP contribution in [0.15, 0.2) is 46.0 Å². The van der Waals surface area contributed by atoms with Crippen LogP contribution in [0.3, 0.4) is 0 Å². The maximum atomic E-state index is 12.6. The first kappa shape index (κ1) is 25.5. The molecule has 180 valence electrons. The van der Waals surface area contributed by atoms with Gasteiger partial charge in [-0.1, -0.05) is 18.2 Å². The van der Waals surface area contributed by atoms with E-state index in [1.54, 1.807) is 6.26 Å². The fourth-order valence-electron chi connectivity index (χ4n) is 4.23. The summed E-state index contributed by atoms with van der Waals surface area (Å²) < 4.78 is 5.63. The number of halogens is 1. The van der Waals surface area contributed by atoms with E-state index in [0.29, 0.717) is 19.0 Å². The maximum absolute atomic E-state index is 12.6. The summed E-state index contributed by atoms with van der Waals surface area (Å²) in [7, 11) is 0. The number of benzene rings is 1. The summed E-state index contributed by atoms with van der Waals surface area (Å²) >= 11 is 0. The quantitative estimate of drug-likeness (QED) is 0.329. The van der Waals surface area contributed by atoms with E-state index >= 15 is 0 Å². The summed E-state index contributed by atoms with van der Waals surface area (Å²) in [4.78, 5) is 28.5. The van der Waals surface area contributed by atoms with Gasteiger partial charge in [0.2, 0.25) is 11.8 Å².